The molecule has 1 aromatic carbocycles. The van der Waals surface area contributed by atoms with E-state index < -0.39 is 105 Å². The average Bonchev–Trinajstić information content (AvgIpc) is 3.07. The quantitative estimate of drug-likeness (QED) is 0.0559. The minimum absolute atomic E-state index is 0.0178. The highest BCUT2D eigenvalue weighted by Crippen LogP contribution is 2.42. The Balaban J connectivity index is 1.76. The molecule has 3 heterocycles. The van der Waals surface area contributed by atoms with E-state index in [1.165, 1.54) is 4.90 Å². The van der Waals surface area contributed by atoms with Crippen LogP contribution in [-0.4, -0.2) is 127 Å². The van der Waals surface area contributed by atoms with Crippen LogP contribution in [0.3, 0.4) is 0 Å². The first kappa shape index (κ1) is 38.6. The second kappa shape index (κ2) is 15.4. The van der Waals surface area contributed by atoms with Crippen molar-refractivity contribution in [3.05, 3.63) is 35.0 Å². The average molecular weight is 749 g/mol. The van der Waals surface area contributed by atoms with E-state index in [9.17, 15) is 57.3 Å². The Morgan fingerprint density at radius 3 is 2.23 bits per heavy atom. The Hall–Kier alpha value is -6.19. The molecule has 22 heteroatoms. The van der Waals surface area contributed by atoms with Crippen molar-refractivity contribution >= 4 is 70.7 Å². The zero-order valence-electron chi connectivity index (χ0n) is 27.9. The van der Waals surface area contributed by atoms with Crippen molar-refractivity contribution in [1.82, 2.24) is 30.7 Å². The lowest BCUT2D eigenvalue weighted by atomic mass is 9.96. The first-order valence-corrected chi connectivity index (χ1v) is 16.5. The molecule has 0 spiro atoms. The van der Waals surface area contributed by atoms with Crippen molar-refractivity contribution in [3.8, 4) is 11.5 Å². The van der Waals surface area contributed by atoms with Gasteiger partial charge < -0.3 is 40.2 Å². The topological polar surface area (TPSA) is 281 Å². The Kier molecular flexibility index (Phi) is 11.4. The number of benzene rings is 1. The summed E-state index contributed by atoms with van der Waals surface area (Å²) in [6.45, 7) is 3.94. The zero-order chi connectivity index (χ0) is 38.7. The van der Waals surface area contributed by atoms with E-state index in [1.54, 1.807) is 6.92 Å². The molecule has 4 N–H and O–H groups in total. The van der Waals surface area contributed by atoms with Crippen LogP contribution in [0, 0.1) is 0 Å². The number of amides is 7. The zero-order valence-corrected chi connectivity index (χ0v) is 28.7. The van der Waals surface area contributed by atoms with Crippen molar-refractivity contribution < 1.29 is 71.5 Å². The highest BCUT2D eigenvalue weighted by molar-refractivity contribution is 7.86. The number of carboxylic acids is 1. The van der Waals surface area contributed by atoms with Crippen LogP contribution in [0.2, 0.25) is 0 Å². The first-order chi connectivity index (χ1) is 24.5. The summed E-state index contributed by atoms with van der Waals surface area (Å²) in [4.78, 5) is 125. The van der Waals surface area contributed by atoms with Crippen LogP contribution in [-0.2, 0) is 58.7 Å². The third-order valence-corrected chi connectivity index (χ3v) is 9.72. The normalized spacial score (nSPS) is 21.6. The van der Waals surface area contributed by atoms with E-state index in [0.29, 0.717) is 9.80 Å². The summed E-state index contributed by atoms with van der Waals surface area (Å²) in [5, 5.41) is 16.7. The fourth-order valence-corrected chi connectivity index (χ4v) is 7.35. The SMILES string of the molecule is CCN1CCN(C(=O)NC(C(=O)N[C@H]2C(=O)N3C(C(=O)O)=C(COC(C)=O)CS(=O)C23NC=O)c2ccc(OC(C)=O)c(OC(C)=O)c2)C(=O)C1=O. The lowest BCUT2D eigenvalue weighted by Gasteiger charge is -2.57. The number of piperazine rings is 1. The van der Waals surface area contributed by atoms with Gasteiger partial charge in [-0.05, 0) is 24.6 Å². The predicted molar refractivity (Wildman–Crippen MR) is 169 cm³/mol. The van der Waals surface area contributed by atoms with Crippen LogP contribution >= 0.6 is 0 Å². The molecular weight excluding hydrogens is 716 g/mol. The van der Waals surface area contributed by atoms with Crippen molar-refractivity contribution in [2.45, 2.75) is 44.8 Å². The maximum absolute atomic E-state index is 14.1. The number of β-lactam (4-membered cyclic amide) rings is 1. The monoisotopic (exact) mass is 748 g/mol. The van der Waals surface area contributed by atoms with Gasteiger partial charge in [-0.15, -0.1) is 0 Å². The lowest BCUT2D eigenvalue weighted by molar-refractivity contribution is -0.161. The van der Waals surface area contributed by atoms with Gasteiger partial charge in [-0.3, -0.25) is 52.4 Å². The van der Waals surface area contributed by atoms with Crippen molar-refractivity contribution in [3.63, 3.8) is 0 Å². The number of carbonyl (C=O) groups is 10. The highest BCUT2D eigenvalue weighted by atomic mass is 32.2. The van der Waals surface area contributed by atoms with E-state index in [1.807, 2.05) is 0 Å². The standard InChI is InChI=1S/C30H32N6O15S/c1-5-34-8-9-35(27(44)26(34)43)29(47)32-21(17-6-7-19(50-15(3)39)20(10-17)51-16(4)40)24(41)33-23-25(42)36-22(28(45)46)18(11-49-14(2)38)12-52(48)30(23,36)31-13-37/h6-7,10,13,21,23H,5,8-9,11-12H2,1-4H3,(H,31,37)(H,32,47)(H,33,41)(H,45,46)/t21?,23-,30?,52?/m0/s1. The molecule has 0 saturated carbocycles. The molecule has 3 unspecified atom stereocenters. The van der Waals surface area contributed by atoms with Crippen LogP contribution < -0.4 is 25.4 Å². The number of nitrogens with one attached hydrogen (secondary N) is 3. The minimum atomic E-state index is -2.39. The number of imide groups is 1. The number of rotatable bonds is 12. The van der Waals surface area contributed by atoms with Gasteiger partial charge in [0.25, 0.3) is 5.91 Å². The first-order valence-electron chi connectivity index (χ1n) is 15.2. The van der Waals surface area contributed by atoms with Gasteiger partial charge in [-0.1, -0.05) is 6.07 Å². The van der Waals surface area contributed by atoms with E-state index >= 15 is 0 Å². The van der Waals surface area contributed by atoms with Crippen LogP contribution in [0.4, 0.5) is 4.79 Å². The van der Waals surface area contributed by atoms with Gasteiger partial charge in [0.05, 0.1) is 16.6 Å². The van der Waals surface area contributed by atoms with Gasteiger partial charge in [0, 0.05) is 46.0 Å². The summed E-state index contributed by atoms with van der Waals surface area (Å²) < 4.78 is 28.7. The number of hydrogen-bond donors (Lipinski definition) is 4. The number of likely N-dealkylation sites (N-methyl/N-ethyl adjacent to an activating group) is 1. The molecule has 2 saturated heterocycles. The van der Waals surface area contributed by atoms with Crippen LogP contribution in [0.5, 0.6) is 11.5 Å². The van der Waals surface area contributed by atoms with Crippen LogP contribution in [0.15, 0.2) is 29.5 Å². The number of urea groups is 1. The minimum Gasteiger partial charge on any atom is -0.477 e. The third-order valence-electron chi connectivity index (χ3n) is 7.88. The van der Waals surface area contributed by atoms with Crippen molar-refractivity contribution in [2.24, 2.45) is 0 Å². The number of ether oxygens (including phenoxy) is 3. The van der Waals surface area contributed by atoms with Crippen LogP contribution in [0.1, 0.15) is 39.3 Å². The maximum Gasteiger partial charge on any atom is 0.352 e. The number of carbonyl (C=O) groups excluding carboxylic acids is 9. The Morgan fingerprint density at radius 1 is 1.00 bits per heavy atom. The molecule has 0 aliphatic carbocycles. The van der Waals surface area contributed by atoms with E-state index in [4.69, 9.17) is 14.2 Å². The molecule has 3 aliphatic heterocycles. The molecule has 0 radical (unpaired) electrons. The number of carboxylic acid groups (broad SMARTS) is 1. The molecule has 52 heavy (non-hydrogen) atoms. The molecule has 3 aliphatic rings. The summed E-state index contributed by atoms with van der Waals surface area (Å²) >= 11 is 0. The van der Waals surface area contributed by atoms with Gasteiger partial charge in [0.15, 0.2) is 17.5 Å². The van der Waals surface area contributed by atoms with Crippen molar-refractivity contribution in [2.75, 3.05) is 32.0 Å². The Labute approximate surface area is 296 Å². The molecule has 0 aromatic heterocycles. The van der Waals surface area contributed by atoms with E-state index in [0.717, 1.165) is 39.0 Å². The molecule has 0 bridgehead atoms. The molecule has 2 fully saturated rings. The fraction of sp³-hybridized carbons (Fsp3) is 0.400. The molecule has 278 valence electrons. The second-order valence-corrected chi connectivity index (χ2v) is 12.8. The maximum atomic E-state index is 14.1. The second-order valence-electron chi connectivity index (χ2n) is 11.2. The molecule has 21 nitrogen and oxygen atoms in total. The van der Waals surface area contributed by atoms with Gasteiger partial charge >= 0.3 is 41.7 Å². The van der Waals surface area contributed by atoms with Crippen molar-refractivity contribution in [1.29, 1.82) is 0 Å². The molecule has 1 aromatic rings. The summed E-state index contributed by atoms with van der Waals surface area (Å²) in [7, 11) is -2.39. The smallest absolute Gasteiger partial charge is 0.352 e. The lowest BCUT2D eigenvalue weighted by Crippen LogP contribution is -2.87. The fourth-order valence-electron chi connectivity index (χ4n) is 5.61. The number of fused-ring (bicyclic) bond motifs is 1. The van der Waals surface area contributed by atoms with Crippen LogP contribution in [0.25, 0.3) is 0 Å². The van der Waals surface area contributed by atoms with Gasteiger partial charge in [0.2, 0.25) is 17.3 Å². The predicted octanol–water partition coefficient (Wildman–Crippen LogP) is -2.63. The molecule has 4 rings (SSSR count). The van der Waals surface area contributed by atoms with Gasteiger partial charge in [0.1, 0.15) is 18.3 Å². The molecule has 4 atom stereocenters. The largest absolute Gasteiger partial charge is 0.477 e. The third kappa shape index (κ3) is 7.31. The summed E-state index contributed by atoms with van der Waals surface area (Å²) in [6.07, 6.45) is 0.0178. The Morgan fingerprint density at radius 2 is 1.65 bits per heavy atom. The number of hydrogen-bond acceptors (Lipinski definition) is 14. The van der Waals surface area contributed by atoms with Gasteiger partial charge in [-0.2, -0.15) is 0 Å². The van der Waals surface area contributed by atoms with E-state index in [2.05, 4.69) is 16.0 Å². The summed E-state index contributed by atoms with van der Waals surface area (Å²) in [6, 6.07) is -1.82. The summed E-state index contributed by atoms with van der Waals surface area (Å²) in [5.41, 5.74) is -1.21. The van der Waals surface area contributed by atoms with E-state index in [-0.39, 0.29) is 42.9 Å². The van der Waals surface area contributed by atoms with Gasteiger partial charge in [-0.25, -0.2) is 9.59 Å². The molecular formula is C30H32N6O15S. The summed E-state index contributed by atoms with van der Waals surface area (Å²) in [5.74, 6) is -10.2. The number of nitrogens with zero attached hydrogens (tertiary/aromatic N) is 3. The highest BCUT2D eigenvalue weighted by Gasteiger charge is 2.69. The number of esters is 3. The number of aliphatic carboxylic acids is 1. The molecule has 7 amide bonds. The Bertz CT molecular complexity index is 1850.